The maximum atomic E-state index is 14.5. The first kappa shape index (κ1) is 18.7. The van der Waals surface area contributed by atoms with E-state index in [1.165, 1.54) is 0 Å². The number of nitrogens with one attached hydrogen (secondary N) is 1. The molecule has 1 aliphatic carbocycles. The van der Waals surface area contributed by atoms with Gasteiger partial charge in [-0.3, -0.25) is 0 Å². The van der Waals surface area contributed by atoms with E-state index in [-0.39, 0.29) is 54.3 Å². The molecule has 1 aromatic heterocycles. The predicted octanol–water partition coefficient (Wildman–Crippen LogP) is 2.55. The van der Waals surface area contributed by atoms with E-state index in [0.717, 1.165) is 0 Å². The highest BCUT2D eigenvalue weighted by atomic mass is 32.2. The van der Waals surface area contributed by atoms with E-state index in [1.54, 1.807) is 30.0 Å². The lowest BCUT2D eigenvalue weighted by Gasteiger charge is -2.43. The van der Waals surface area contributed by atoms with Gasteiger partial charge in [0.25, 0.3) is 5.92 Å². The van der Waals surface area contributed by atoms with Gasteiger partial charge in [-0.25, -0.2) is 19.0 Å². The van der Waals surface area contributed by atoms with Gasteiger partial charge in [0.2, 0.25) is 5.95 Å². The number of aliphatic hydroxyl groups is 1. The van der Waals surface area contributed by atoms with E-state index >= 15 is 0 Å². The van der Waals surface area contributed by atoms with Crippen molar-refractivity contribution in [3.8, 4) is 17.0 Å². The molecule has 29 heavy (non-hydrogen) atoms. The van der Waals surface area contributed by atoms with Gasteiger partial charge in [-0.05, 0) is 31.5 Å². The Balaban J connectivity index is 1.69. The van der Waals surface area contributed by atoms with Crippen molar-refractivity contribution < 1.29 is 22.8 Å². The van der Waals surface area contributed by atoms with Gasteiger partial charge in [-0.1, -0.05) is 0 Å². The molecule has 2 N–H and O–H groups in total. The lowest BCUT2D eigenvalue weighted by molar-refractivity contribution is -0.00603. The lowest BCUT2D eigenvalue weighted by Crippen LogP contribution is -2.59. The summed E-state index contributed by atoms with van der Waals surface area (Å²) in [5.74, 6) is -2.42. The molecule has 0 saturated carbocycles. The standard InChI is InChI=1S/C19H20F2N4O3S/c1-10-13(26)9-25(10)18-23-16(12-4-5-19(20,21)17(12)24-18)11-2-3-14-15(8-11)29(22,27)7-6-28-14/h2-3,8,10,13,22,26H,4-7,9H2,1H3/t10-,13+,29-/m0/s1. The molecule has 1 fully saturated rings. The number of halogens is 2. The molecule has 10 heteroatoms. The number of nitrogens with zero attached hydrogens (tertiary/aromatic N) is 3. The summed E-state index contributed by atoms with van der Waals surface area (Å²) in [4.78, 5) is 10.7. The lowest BCUT2D eigenvalue weighted by atomic mass is 10.0. The van der Waals surface area contributed by atoms with Gasteiger partial charge in [0.1, 0.15) is 18.1 Å². The van der Waals surface area contributed by atoms with Gasteiger partial charge in [-0.15, -0.1) is 0 Å². The van der Waals surface area contributed by atoms with E-state index in [2.05, 4.69) is 9.97 Å². The number of hydrogen-bond donors (Lipinski definition) is 2. The zero-order valence-electron chi connectivity index (χ0n) is 15.7. The summed E-state index contributed by atoms with van der Waals surface area (Å²) >= 11 is 0. The number of ether oxygens (including phenoxy) is 1. The summed E-state index contributed by atoms with van der Waals surface area (Å²) in [5.41, 5.74) is 0.965. The fourth-order valence-corrected chi connectivity index (χ4v) is 5.35. The Hall–Kier alpha value is -2.33. The topological polar surface area (TPSA) is 99.4 Å². The number of rotatable bonds is 2. The molecule has 5 rings (SSSR count). The first-order valence-electron chi connectivity index (χ1n) is 9.45. The van der Waals surface area contributed by atoms with E-state index in [1.807, 2.05) is 0 Å². The Morgan fingerprint density at radius 1 is 1.38 bits per heavy atom. The van der Waals surface area contributed by atoms with E-state index < -0.39 is 21.8 Å². The van der Waals surface area contributed by atoms with Crippen molar-refractivity contribution in [2.75, 3.05) is 23.8 Å². The Morgan fingerprint density at radius 3 is 2.90 bits per heavy atom. The maximum absolute atomic E-state index is 14.5. The first-order valence-corrected chi connectivity index (χ1v) is 11.2. The molecule has 0 amide bonds. The number of β-amino-alcohol motifs (C(OH)–C–C–N with tert-alkyl or cyclic N) is 1. The summed E-state index contributed by atoms with van der Waals surface area (Å²) in [6.45, 7) is 2.28. The number of alkyl halides is 2. The molecule has 2 aliphatic heterocycles. The van der Waals surface area contributed by atoms with Crippen LogP contribution in [0.1, 0.15) is 24.6 Å². The van der Waals surface area contributed by atoms with Gasteiger partial charge in [0.15, 0.2) is 0 Å². The molecule has 1 saturated heterocycles. The van der Waals surface area contributed by atoms with Gasteiger partial charge in [0, 0.05) is 24.1 Å². The third kappa shape index (κ3) is 2.80. The minimum atomic E-state index is -3.05. The van der Waals surface area contributed by atoms with Crippen LogP contribution in [-0.2, 0) is 22.1 Å². The fraction of sp³-hybridized carbons (Fsp3) is 0.474. The molecule has 3 aliphatic rings. The van der Waals surface area contributed by atoms with Crippen LogP contribution in [-0.4, -0.2) is 50.3 Å². The second-order valence-corrected chi connectivity index (χ2v) is 9.95. The van der Waals surface area contributed by atoms with Crippen molar-refractivity contribution in [3.05, 3.63) is 29.5 Å². The average molecular weight is 422 g/mol. The van der Waals surface area contributed by atoms with Crippen LogP contribution >= 0.6 is 0 Å². The molecule has 2 aromatic rings. The van der Waals surface area contributed by atoms with Crippen LogP contribution in [0.25, 0.3) is 11.3 Å². The van der Waals surface area contributed by atoms with Crippen LogP contribution in [0.4, 0.5) is 14.7 Å². The summed E-state index contributed by atoms with van der Waals surface area (Å²) in [6.07, 6.45) is -0.751. The molecule has 0 spiro atoms. The SMILES string of the molecule is C[C@H]1[C@H](O)CN1c1nc(-c2ccc3c(c2)[S@@](=N)(=O)CCO3)c2c(n1)C(F)(F)CC2. The number of hydrogen-bond acceptors (Lipinski definition) is 7. The van der Waals surface area contributed by atoms with Crippen molar-refractivity contribution in [2.24, 2.45) is 0 Å². The fourth-order valence-electron chi connectivity index (χ4n) is 4.04. The van der Waals surface area contributed by atoms with Crippen LogP contribution in [0.15, 0.2) is 23.1 Å². The van der Waals surface area contributed by atoms with E-state index in [0.29, 0.717) is 22.6 Å². The van der Waals surface area contributed by atoms with Crippen molar-refractivity contribution in [1.82, 2.24) is 9.97 Å². The zero-order chi connectivity index (χ0) is 20.6. The molecular formula is C19H20F2N4O3S. The number of aromatic nitrogens is 2. The minimum absolute atomic E-state index is 0.0951. The van der Waals surface area contributed by atoms with Gasteiger partial charge < -0.3 is 14.7 Å². The van der Waals surface area contributed by atoms with Crippen LogP contribution in [0.2, 0.25) is 0 Å². The van der Waals surface area contributed by atoms with Gasteiger partial charge in [-0.2, -0.15) is 8.78 Å². The second kappa shape index (κ2) is 6.09. The summed E-state index contributed by atoms with van der Waals surface area (Å²) in [6, 6.07) is 4.62. The average Bonchev–Trinajstić information content (AvgIpc) is 2.99. The largest absolute Gasteiger partial charge is 0.491 e. The van der Waals surface area contributed by atoms with Gasteiger partial charge >= 0.3 is 0 Å². The number of fused-ring (bicyclic) bond motifs is 2. The van der Waals surface area contributed by atoms with E-state index in [4.69, 9.17) is 9.52 Å². The molecule has 0 radical (unpaired) electrons. The molecule has 0 unspecified atom stereocenters. The third-order valence-corrected chi connectivity index (χ3v) is 7.69. The number of anilines is 1. The van der Waals surface area contributed by atoms with Crippen LogP contribution in [0.3, 0.4) is 0 Å². The molecule has 154 valence electrons. The molecule has 0 bridgehead atoms. The Kier molecular flexibility index (Phi) is 3.92. The van der Waals surface area contributed by atoms with Gasteiger partial charge in [0.05, 0.1) is 38.2 Å². The minimum Gasteiger partial charge on any atom is -0.491 e. The normalized spacial score (nSPS) is 29.6. The van der Waals surface area contributed by atoms with Crippen LogP contribution < -0.4 is 9.64 Å². The van der Waals surface area contributed by atoms with Crippen molar-refractivity contribution in [2.45, 2.75) is 42.7 Å². The summed E-state index contributed by atoms with van der Waals surface area (Å²) < 4.78 is 55.3. The molecular weight excluding hydrogens is 402 g/mol. The van der Waals surface area contributed by atoms with Crippen molar-refractivity contribution in [1.29, 1.82) is 4.78 Å². The highest BCUT2D eigenvalue weighted by Gasteiger charge is 2.45. The summed E-state index contributed by atoms with van der Waals surface area (Å²) in [5, 5.41) is 9.81. The van der Waals surface area contributed by atoms with Crippen molar-refractivity contribution >= 4 is 15.7 Å². The molecule has 7 nitrogen and oxygen atoms in total. The zero-order valence-corrected chi connectivity index (χ0v) is 16.5. The highest BCUT2D eigenvalue weighted by molar-refractivity contribution is 7.92. The maximum Gasteiger partial charge on any atom is 0.290 e. The third-order valence-electron chi connectivity index (χ3n) is 5.92. The number of benzene rings is 1. The Morgan fingerprint density at radius 2 is 2.17 bits per heavy atom. The Labute approximate surface area is 166 Å². The second-order valence-electron chi connectivity index (χ2n) is 7.75. The smallest absolute Gasteiger partial charge is 0.290 e. The van der Waals surface area contributed by atoms with Crippen LogP contribution in [0.5, 0.6) is 5.75 Å². The monoisotopic (exact) mass is 422 g/mol. The predicted molar refractivity (Wildman–Crippen MR) is 102 cm³/mol. The quantitative estimate of drug-likeness (QED) is 0.772. The first-order chi connectivity index (χ1) is 13.7. The highest BCUT2D eigenvalue weighted by Crippen LogP contribution is 2.45. The Bertz CT molecular complexity index is 1120. The molecule has 3 atom stereocenters. The van der Waals surface area contributed by atoms with Crippen molar-refractivity contribution in [3.63, 3.8) is 0 Å². The molecule has 1 aromatic carbocycles. The summed E-state index contributed by atoms with van der Waals surface area (Å²) in [7, 11) is -3.01. The van der Waals surface area contributed by atoms with E-state index in [9.17, 15) is 18.1 Å². The van der Waals surface area contributed by atoms with Crippen LogP contribution in [0, 0.1) is 4.78 Å². The molecule has 3 heterocycles. The number of aliphatic hydroxyl groups excluding tert-OH is 1.